The number of carbonyl (C=O) groups excluding carboxylic acids is 1. The number of thiazole rings is 1. The molecule has 1 fully saturated rings. The minimum atomic E-state index is -3.68. The summed E-state index contributed by atoms with van der Waals surface area (Å²) in [5.41, 5.74) is 1.53. The number of carbonyl (C=O) groups is 1. The molecule has 3 aromatic rings. The Morgan fingerprint density at radius 1 is 1.34 bits per heavy atom. The number of fused-ring (bicyclic) bond motifs is 2. The Labute approximate surface area is 186 Å². The van der Waals surface area contributed by atoms with Gasteiger partial charge in [0, 0.05) is 30.8 Å². The molecule has 2 aliphatic heterocycles. The van der Waals surface area contributed by atoms with E-state index in [2.05, 4.69) is 24.7 Å². The van der Waals surface area contributed by atoms with Gasteiger partial charge in [0.15, 0.2) is 29.0 Å². The van der Waals surface area contributed by atoms with Crippen molar-refractivity contribution in [1.29, 1.82) is 0 Å². The maximum absolute atomic E-state index is 13.2. The summed E-state index contributed by atoms with van der Waals surface area (Å²) in [5.74, 6) is -0.0770. The fourth-order valence-corrected chi connectivity index (χ4v) is 5.01. The molecule has 1 N–H and O–H groups in total. The molecular weight excluding hydrogens is 442 g/mol. The lowest BCUT2D eigenvalue weighted by atomic mass is 9.90. The first-order valence-electron chi connectivity index (χ1n) is 10.2. The van der Waals surface area contributed by atoms with E-state index >= 15 is 0 Å². The molecule has 0 aliphatic carbocycles. The van der Waals surface area contributed by atoms with E-state index in [-0.39, 0.29) is 29.4 Å². The predicted octanol–water partition coefficient (Wildman–Crippen LogP) is 3.46. The van der Waals surface area contributed by atoms with Crippen LogP contribution >= 0.6 is 11.3 Å². The second kappa shape index (κ2) is 7.82. The summed E-state index contributed by atoms with van der Waals surface area (Å²) in [5, 5.41) is 14.5. The van der Waals surface area contributed by atoms with E-state index in [1.165, 1.54) is 35.9 Å². The molecule has 5 rings (SSSR count). The van der Waals surface area contributed by atoms with Crippen LogP contribution in [0.2, 0.25) is 0 Å². The minimum absolute atomic E-state index is 0.0554. The highest BCUT2D eigenvalue weighted by molar-refractivity contribution is 7.22. The topological polar surface area (TPSA) is 90.6 Å². The van der Waals surface area contributed by atoms with E-state index < -0.39 is 6.29 Å². The summed E-state index contributed by atoms with van der Waals surface area (Å²) in [4.78, 5) is 19.3. The van der Waals surface area contributed by atoms with Crippen LogP contribution in [-0.2, 0) is 4.79 Å². The number of nitrogens with zero attached hydrogens (tertiary/aromatic N) is 3. The van der Waals surface area contributed by atoms with E-state index in [1.54, 1.807) is 0 Å². The molecular formula is C21H20F2N4O4S. The van der Waals surface area contributed by atoms with Crippen LogP contribution < -0.4 is 19.5 Å². The first kappa shape index (κ1) is 20.8. The van der Waals surface area contributed by atoms with Gasteiger partial charge in [-0.1, -0.05) is 11.3 Å². The number of anilines is 1. The molecule has 0 spiro atoms. The van der Waals surface area contributed by atoms with E-state index in [1.807, 2.05) is 19.1 Å². The van der Waals surface area contributed by atoms with Crippen molar-refractivity contribution < 1.29 is 27.8 Å². The standard InChI is InChI=1S/C21H20F2N4O4S/c1-12(26-6-2-3-14(11-26)13-4-7-27(29)8-5-13)19(28)25-20-24-15-9-16-17(10-18(15)32-20)31-21(22,23)30-16/h4-5,7-10,12,14H,2-3,6,11H2,1H3,(H,24,25,28)/t12-,14-/m0/s1. The van der Waals surface area contributed by atoms with Gasteiger partial charge in [-0.05, 0) is 37.8 Å². The van der Waals surface area contributed by atoms with Gasteiger partial charge < -0.3 is 20.0 Å². The highest BCUT2D eigenvalue weighted by Crippen LogP contribution is 2.44. The summed E-state index contributed by atoms with van der Waals surface area (Å²) in [6.45, 7) is 3.36. The number of ether oxygens (including phenoxy) is 2. The number of rotatable bonds is 4. The zero-order valence-corrected chi connectivity index (χ0v) is 17.9. The molecule has 1 amide bonds. The van der Waals surface area contributed by atoms with E-state index in [0.29, 0.717) is 21.9 Å². The van der Waals surface area contributed by atoms with E-state index in [4.69, 9.17) is 0 Å². The number of halogens is 2. The monoisotopic (exact) mass is 462 g/mol. The largest absolute Gasteiger partial charge is 0.619 e. The number of benzene rings is 1. The Morgan fingerprint density at radius 2 is 2.06 bits per heavy atom. The number of aromatic nitrogens is 2. The molecule has 1 aromatic carbocycles. The van der Waals surface area contributed by atoms with Crippen LogP contribution in [0.3, 0.4) is 0 Å². The van der Waals surface area contributed by atoms with Crippen molar-refractivity contribution in [3.8, 4) is 11.5 Å². The zero-order valence-electron chi connectivity index (χ0n) is 17.1. The van der Waals surface area contributed by atoms with Crippen LogP contribution in [0.4, 0.5) is 13.9 Å². The van der Waals surface area contributed by atoms with Gasteiger partial charge in [0.1, 0.15) is 0 Å². The lowest BCUT2D eigenvalue weighted by Crippen LogP contribution is -2.46. The van der Waals surface area contributed by atoms with Crippen molar-refractivity contribution in [3.05, 3.63) is 47.4 Å². The Kier molecular flexibility index (Phi) is 5.09. The van der Waals surface area contributed by atoms with Crippen LogP contribution in [-0.4, -0.2) is 41.2 Å². The Bertz CT molecular complexity index is 1130. The molecule has 0 radical (unpaired) electrons. The van der Waals surface area contributed by atoms with Gasteiger partial charge in [-0.3, -0.25) is 9.69 Å². The fraction of sp³-hybridized carbons (Fsp3) is 0.381. The van der Waals surface area contributed by atoms with Gasteiger partial charge in [-0.25, -0.2) is 4.98 Å². The molecule has 2 aromatic heterocycles. The predicted molar refractivity (Wildman–Crippen MR) is 113 cm³/mol. The molecule has 2 atom stereocenters. The van der Waals surface area contributed by atoms with Crippen LogP contribution in [0, 0.1) is 5.21 Å². The highest BCUT2D eigenvalue weighted by Gasteiger charge is 2.43. The maximum atomic E-state index is 13.2. The van der Waals surface area contributed by atoms with Crippen molar-refractivity contribution in [3.63, 3.8) is 0 Å². The van der Waals surface area contributed by atoms with Crippen molar-refractivity contribution in [2.24, 2.45) is 0 Å². The number of piperidine rings is 1. The molecule has 0 saturated carbocycles. The average molecular weight is 462 g/mol. The van der Waals surface area contributed by atoms with Gasteiger partial charge in [0.25, 0.3) is 0 Å². The second-order valence-corrected chi connectivity index (χ2v) is 8.97. The molecule has 2 aliphatic rings. The molecule has 168 valence electrons. The summed E-state index contributed by atoms with van der Waals surface area (Å²) < 4.78 is 36.8. The quantitative estimate of drug-likeness (QED) is 0.472. The van der Waals surface area contributed by atoms with E-state index in [0.717, 1.165) is 29.7 Å². The number of hydrogen-bond acceptors (Lipinski definition) is 7. The van der Waals surface area contributed by atoms with Crippen LogP contribution in [0.25, 0.3) is 10.2 Å². The third-order valence-corrected chi connectivity index (χ3v) is 6.75. The fourth-order valence-electron chi connectivity index (χ4n) is 4.13. The SMILES string of the molecule is C[C@@H](C(=O)Nc1nc2cc3c(cc2s1)OC(F)(F)O3)N1CCC[C@H](c2cc[n+]([O-])cc2)C1. The second-order valence-electron chi connectivity index (χ2n) is 7.94. The van der Waals surface area contributed by atoms with Crippen molar-refractivity contribution in [2.45, 2.75) is 38.0 Å². The highest BCUT2D eigenvalue weighted by atomic mass is 32.1. The summed E-state index contributed by atoms with van der Waals surface area (Å²) in [6, 6.07) is 6.08. The summed E-state index contributed by atoms with van der Waals surface area (Å²) in [7, 11) is 0. The average Bonchev–Trinajstić information content (AvgIpc) is 3.28. The lowest BCUT2D eigenvalue weighted by Gasteiger charge is -2.36. The Morgan fingerprint density at radius 3 is 2.81 bits per heavy atom. The van der Waals surface area contributed by atoms with Crippen molar-refractivity contribution in [2.75, 3.05) is 18.4 Å². The first-order valence-corrected chi connectivity index (χ1v) is 11.0. The number of amides is 1. The van der Waals surface area contributed by atoms with Crippen LogP contribution in [0.15, 0.2) is 36.7 Å². The van der Waals surface area contributed by atoms with Gasteiger partial charge in [-0.2, -0.15) is 4.73 Å². The lowest BCUT2D eigenvalue weighted by molar-refractivity contribution is -0.605. The van der Waals surface area contributed by atoms with E-state index in [9.17, 15) is 18.8 Å². The molecule has 0 unspecified atom stereocenters. The third-order valence-electron chi connectivity index (χ3n) is 5.82. The van der Waals surface area contributed by atoms with Crippen molar-refractivity contribution >= 4 is 32.6 Å². The van der Waals surface area contributed by atoms with Crippen molar-refractivity contribution in [1.82, 2.24) is 9.88 Å². The molecule has 32 heavy (non-hydrogen) atoms. The molecule has 8 nitrogen and oxygen atoms in total. The number of nitrogens with one attached hydrogen (secondary N) is 1. The Balaban J connectivity index is 1.26. The number of pyridine rings is 1. The summed E-state index contributed by atoms with van der Waals surface area (Å²) >= 11 is 1.18. The molecule has 1 saturated heterocycles. The normalized spacial score (nSPS) is 20.9. The maximum Gasteiger partial charge on any atom is 0.586 e. The number of likely N-dealkylation sites (tertiary alicyclic amines) is 1. The van der Waals surface area contributed by atoms with Gasteiger partial charge >= 0.3 is 6.29 Å². The van der Waals surface area contributed by atoms with Crippen LogP contribution in [0.5, 0.6) is 11.5 Å². The Hall–Kier alpha value is -3.05. The number of hydrogen-bond donors (Lipinski definition) is 1. The zero-order chi connectivity index (χ0) is 22.5. The molecule has 11 heteroatoms. The van der Waals surface area contributed by atoms with Gasteiger partial charge in [0.2, 0.25) is 5.91 Å². The minimum Gasteiger partial charge on any atom is -0.619 e. The number of alkyl halides is 2. The third kappa shape index (κ3) is 4.05. The first-order chi connectivity index (χ1) is 15.3. The summed E-state index contributed by atoms with van der Waals surface area (Å²) in [6.07, 6.45) is 1.25. The van der Waals surface area contributed by atoms with Gasteiger partial charge in [0.05, 0.1) is 16.3 Å². The molecule has 4 heterocycles. The van der Waals surface area contributed by atoms with Crippen LogP contribution in [0.1, 0.15) is 31.2 Å². The molecule has 0 bridgehead atoms. The van der Waals surface area contributed by atoms with Gasteiger partial charge in [-0.15, -0.1) is 8.78 Å². The smallest absolute Gasteiger partial charge is 0.586 e.